The predicted octanol–water partition coefficient (Wildman–Crippen LogP) is 1.80. The van der Waals surface area contributed by atoms with Gasteiger partial charge in [0.05, 0.1) is 0 Å². The minimum atomic E-state index is -4.22. The van der Waals surface area contributed by atoms with Gasteiger partial charge < -0.3 is 10.2 Å². The SMILES string of the molecule is CNCc1cccnc1N(C)CC(F)(F)F. The molecular weight excluding hydrogens is 219 g/mol. The maximum atomic E-state index is 12.2. The zero-order valence-electron chi connectivity index (χ0n) is 9.17. The summed E-state index contributed by atoms with van der Waals surface area (Å²) in [6.45, 7) is -0.508. The molecule has 0 saturated carbocycles. The van der Waals surface area contributed by atoms with Gasteiger partial charge in [0.15, 0.2) is 0 Å². The van der Waals surface area contributed by atoms with Crippen LogP contribution < -0.4 is 10.2 Å². The summed E-state index contributed by atoms with van der Waals surface area (Å²) >= 11 is 0. The third kappa shape index (κ3) is 3.69. The van der Waals surface area contributed by atoms with Crippen LogP contribution in [0.3, 0.4) is 0 Å². The number of hydrogen-bond acceptors (Lipinski definition) is 3. The summed E-state index contributed by atoms with van der Waals surface area (Å²) in [5.74, 6) is 0.356. The van der Waals surface area contributed by atoms with E-state index in [1.807, 2.05) is 0 Å². The largest absolute Gasteiger partial charge is 0.405 e. The molecule has 0 fully saturated rings. The number of pyridine rings is 1. The Bertz CT molecular complexity index is 338. The standard InChI is InChI=1S/C10H14F3N3/c1-14-6-8-4-3-5-15-9(8)16(2)7-10(11,12)13/h3-5,14H,6-7H2,1-2H3. The van der Waals surface area contributed by atoms with Gasteiger partial charge in [-0.1, -0.05) is 6.07 Å². The van der Waals surface area contributed by atoms with Crippen LogP contribution in [0.4, 0.5) is 19.0 Å². The van der Waals surface area contributed by atoms with E-state index in [0.29, 0.717) is 12.4 Å². The molecule has 1 rings (SSSR count). The average molecular weight is 233 g/mol. The van der Waals surface area contributed by atoms with Crippen LogP contribution in [-0.2, 0) is 6.54 Å². The topological polar surface area (TPSA) is 28.2 Å². The summed E-state index contributed by atoms with van der Waals surface area (Å²) < 4.78 is 36.7. The fraction of sp³-hybridized carbons (Fsp3) is 0.500. The number of nitrogens with zero attached hydrogens (tertiary/aromatic N) is 2. The maximum absolute atomic E-state index is 12.2. The van der Waals surface area contributed by atoms with E-state index in [1.165, 1.54) is 13.2 Å². The lowest BCUT2D eigenvalue weighted by Crippen LogP contribution is -2.32. The minimum absolute atomic E-state index is 0.356. The van der Waals surface area contributed by atoms with Crippen LogP contribution in [0, 0.1) is 0 Å². The van der Waals surface area contributed by atoms with Crippen LogP contribution in [0.2, 0.25) is 0 Å². The van der Waals surface area contributed by atoms with Crippen molar-refractivity contribution in [3.05, 3.63) is 23.9 Å². The molecule has 1 aromatic rings. The molecule has 6 heteroatoms. The summed E-state index contributed by atoms with van der Waals surface area (Å²) in [6, 6.07) is 3.46. The second-order valence-corrected chi connectivity index (χ2v) is 3.49. The molecule has 0 aliphatic rings. The van der Waals surface area contributed by atoms with E-state index < -0.39 is 12.7 Å². The Hall–Kier alpha value is -1.30. The first-order valence-electron chi connectivity index (χ1n) is 4.80. The van der Waals surface area contributed by atoms with Crippen molar-refractivity contribution < 1.29 is 13.2 Å². The third-order valence-corrected chi connectivity index (χ3v) is 2.01. The number of rotatable bonds is 4. The van der Waals surface area contributed by atoms with E-state index in [9.17, 15) is 13.2 Å². The molecule has 0 radical (unpaired) electrons. The Labute approximate surface area is 92.3 Å². The summed E-state index contributed by atoms with van der Waals surface area (Å²) in [5.41, 5.74) is 0.747. The quantitative estimate of drug-likeness (QED) is 0.859. The van der Waals surface area contributed by atoms with Crippen molar-refractivity contribution in [1.82, 2.24) is 10.3 Å². The van der Waals surface area contributed by atoms with E-state index in [-0.39, 0.29) is 0 Å². The molecule has 0 unspecified atom stereocenters. The van der Waals surface area contributed by atoms with Crippen molar-refractivity contribution in [2.75, 3.05) is 25.5 Å². The van der Waals surface area contributed by atoms with Crippen molar-refractivity contribution in [1.29, 1.82) is 0 Å². The lowest BCUT2D eigenvalue weighted by molar-refractivity contribution is -0.119. The normalized spacial score (nSPS) is 11.6. The van der Waals surface area contributed by atoms with Crippen LogP contribution in [0.5, 0.6) is 0 Å². The first-order valence-corrected chi connectivity index (χ1v) is 4.80. The Morgan fingerprint density at radius 1 is 1.44 bits per heavy atom. The van der Waals surface area contributed by atoms with Gasteiger partial charge >= 0.3 is 6.18 Å². The Balaban J connectivity index is 2.85. The lowest BCUT2D eigenvalue weighted by atomic mass is 10.2. The first-order chi connectivity index (χ1) is 7.44. The van der Waals surface area contributed by atoms with Gasteiger partial charge in [0.1, 0.15) is 12.4 Å². The average Bonchev–Trinajstić information content (AvgIpc) is 2.16. The highest BCUT2D eigenvalue weighted by Gasteiger charge is 2.30. The Morgan fingerprint density at radius 2 is 2.12 bits per heavy atom. The highest BCUT2D eigenvalue weighted by Crippen LogP contribution is 2.21. The molecule has 3 nitrogen and oxygen atoms in total. The number of hydrogen-bond donors (Lipinski definition) is 1. The monoisotopic (exact) mass is 233 g/mol. The third-order valence-electron chi connectivity index (χ3n) is 2.01. The fourth-order valence-corrected chi connectivity index (χ4v) is 1.45. The minimum Gasteiger partial charge on any atom is -0.350 e. The molecule has 16 heavy (non-hydrogen) atoms. The zero-order valence-corrected chi connectivity index (χ0v) is 9.17. The highest BCUT2D eigenvalue weighted by atomic mass is 19.4. The lowest BCUT2D eigenvalue weighted by Gasteiger charge is -2.22. The summed E-state index contributed by atoms with van der Waals surface area (Å²) in [5, 5.41) is 2.89. The second-order valence-electron chi connectivity index (χ2n) is 3.49. The molecule has 0 aliphatic heterocycles. The number of aromatic nitrogens is 1. The van der Waals surface area contributed by atoms with Gasteiger partial charge in [0.2, 0.25) is 0 Å². The van der Waals surface area contributed by atoms with Gasteiger partial charge in [-0.05, 0) is 13.1 Å². The molecule has 1 heterocycles. The smallest absolute Gasteiger partial charge is 0.350 e. The molecule has 0 bridgehead atoms. The van der Waals surface area contributed by atoms with E-state index in [2.05, 4.69) is 10.3 Å². The summed E-state index contributed by atoms with van der Waals surface area (Å²) in [4.78, 5) is 5.07. The molecule has 0 atom stereocenters. The maximum Gasteiger partial charge on any atom is 0.405 e. The molecular formula is C10H14F3N3. The Morgan fingerprint density at radius 3 is 2.69 bits per heavy atom. The molecule has 0 spiro atoms. The molecule has 0 aromatic carbocycles. The van der Waals surface area contributed by atoms with Crippen LogP contribution in [0.15, 0.2) is 18.3 Å². The van der Waals surface area contributed by atoms with Crippen molar-refractivity contribution >= 4 is 5.82 Å². The van der Waals surface area contributed by atoms with Gasteiger partial charge in [-0.25, -0.2) is 4.98 Å². The highest BCUT2D eigenvalue weighted by molar-refractivity contribution is 5.46. The number of anilines is 1. The predicted molar refractivity (Wildman–Crippen MR) is 56.3 cm³/mol. The Kier molecular flexibility index (Phi) is 4.12. The molecule has 90 valence electrons. The molecule has 1 N–H and O–H groups in total. The van der Waals surface area contributed by atoms with Crippen molar-refractivity contribution in [2.45, 2.75) is 12.7 Å². The molecule has 1 aromatic heterocycles. The molecule has 0 saturated heterocycles. The van der Waals surface area contributed by atoms with E-state index >= 15 is 0 Å². The van der Waals surface area contributed by atoms with Crippen molar-refractivity contribution in [2.24, 2.45) is 0 Å². The van der Waals surface area contributed by atoms with E-state index in [4.69, 9.17) is 0 Å². The van der Waals surface area contributed by atoms with Crippen molar-refractivity contribution in [3.8, 4) is 0 Å². The van der Waals surface area contributed by atoms with E-state index in [0.717, 1.165) is 10.5 Å². The van der Waals surface area contributed by atoms with Gasteiger partial charge in [-0.3, -0.25) is 0 Å². The number of alkyl halides is 3. The second kappa shape index (κ2) is 5.16. The summed E-state index contributed by atoms with van der Waals surface area (Å²) in [7, 11) is 3.12. The van der Waals surface area contributed by atoms with Crippen LogP contribution in [0.1, 0.15) is 5.56 Å². The number of halogens is 3. The van der Waals surface area contributed by atoms with E-state index in [1.54, 1.807) is 19.2 Å². The van der Waals surface area contributed by atoms with Crippen LogP contribution in [0.25, 0.3) is 0 Å². The molecule has 0 aliphatic carbocycles. The summed E-state index contributed by atoms with van der Waals surface area (Å²) in [6.07, 6.45) is -2.73. The van der Waals surface area contributed by atoms with Gasteiger partial charge in [0, 0.05) is 25.4 Å². The van der Waals surface area contributed by atoms with Gasteiger partial charge in [0.25, 0.3) is 0 Å². The van der Waals surface area contributed by atoms with Crippen molar-refractivity contribution in [3.63, 3.8) is 0 Å². The fourth-order valence-electron chi connectivity index (χ4n) is 1.45. The van der Waals surface area contributed by atoms with Crippen LogP contribution >= 0.6 is 0 Å². The molecule has 0 amide bonds. The van der Waals surface area contributed by atoms with Crippen LogP contribution in [-0.4, -0.2) is 31.8 Å². The van der Waals surface area contributed by atoms with Gasteiger partial charge in [-0.2, -0.15) is 13.2 Å². The van der Waals surface area contributed by atoms with Gasteiger partial charge in [-0.15, -0.1) is 0 Å². The zero-order chi connectivity index (χ0) is 12.2. The number of nitrogens with one attached hydrogen (secondary N) is 1. The first kappa shape index (κ1) is 12.8.